The van der Waals surface area contributed by atoms with Gasteiger partial charge in [0.25, 0.3) is 5.91 Å². The Balaban J connectivity index is 2.21. The smallest absolute Gasteiger partial charge is 0.266 e. The predicted octanol–water partition coefficient (Wildman–Crippen LogP) is 2.95. The van der Waals surface area contributed by atoms with Crippen LogP contribution in [0.15, 0.2) is 47.5 Å². The molecule has 2 N–H and O–H groups in total. The standard InChI is InChI=1S/C20H22FN3O2/c1-12(2)26-17-9-8-15(10-13(17)3)20(14-6-5-7-16(21)11-14)18(25)24(4)19(22)23-20/h5-12H,1-4H3,(H2,22,23). The maximum absolute atomic E-state index is 13.9. The highest BCUT2D eigenvalue weighted by Crippen LogP contribution is 2.40. The molecule has 0 radical (unpaired) electrons. The van der Waals surface area contributed by atoms with Crippen LogP contribution in [0.1, 0.15) is 30.5 Å². The molecule has 1 unspecified atom stereocenters. The van der Waals surface area contributed by atoms with E-state index in [1.807, 2.05) is 32.9 Å². The van der Waals surface area contributed by atoms with E-state index in [0.717, 1.165) is 11.3 Å². The lowest BCUT2D eigenvalue weighted by Crippen LogP contribution is -2.41. The van der Waals surface area contributed by atoms with Gasteiger partial charge in [0.05, 0.1) is 6.10 Å². The van der Waals surface area contributed by atoms with Gasteiger partial charge in [-0.3, -0.25) is 9.69 Å². The Labute approximate surface area is 152 Å². The zero-order valence-electron chi connectivity index (χ0n) is 15.3. The minimum absolute atomic E-state index is 0.0321. The summed E-state index contributed by atoms with van der Waals surface area (Å²) in [5.74, 6) is 0.0697. The summed E-state index contributed by atoms with van der Waals surface area (Å²) in [6, 6.07) is 11.3. The van der Waals surface area contributed by atoms with Gasteiger partial charge in [-0.05, 0) is 61.7 Å². The van der Waals surface area contributed by atoms with E-state index < -0.39 is 11.4 Å². The van der Waals surface area contributed by atoms with Crippen molar-refractivity contribution in [3.8, 4) is 5.75 Å². The summed E-state index contributed by atoms with van der Waals surface area (Å²) in [5, 5.41) is 0. The largest absolute Gasteiger partial charge is 0.491 e. The molecule has 0 spiro atoms. The van der Waals surface area contributed by atoms with Crippen LogP contribution < -0.4 is 10.5 Å². The zero-order chi connectivity index (χ0) is 19.1. The van der Waals surface area contributed by atoms with Gasteiger partial charge in [0, 0.05) is 7.05 Å². The molecule has 0 aliphatic carbocycles. The molecule has 0 bridgehead atoms. The van der Waals surface area contributed by atoms with Crippen molar-refractivity contribution in [1.29, 1.82) is 0 Å². The van der Waals surface area contributed by atoms with Crippen molar-refractivity contribution in [3.05, 3.63) is 65.0 Å². The fraction of sp³-hybridized carbons (Fsp3) is 0.300. The van der Waals surface area contributed by atoms with Crippen molar-refractivity contribution >= 4 is 11.9 Å². The van der Waals surface area contributed by atoms with Crippen LogP contribution in [0.5, 0.6) is 5.75 Å². The third-order valence-electron chi connectivity index (χ3n) is 4.44. The third-order valence-corrected chi connectivity index (χ3v) is 4.44. The number of hydrogen-bond acceptors (Lipinski definition) is 4. The topological polar surface area (TPSA) is 67.9 Å². The van der Waals surface area contributed by atoms with E-state index in [-0.39, 0.29) is 18.0 Å². The zero-order valence-corrected chi connectivity index (χ0v) is 15.3. The Hall–Kier alpha value is -2.89. The maximum Gasteiger partial charge on any atom is 0.266 e. The van der Waals surface area contributed by atoms with E-state index >= 15 is 0 Å². The van der Waals surface area contributed by atoms with Crippen molar-refractivity contribution < 1.29 is 13.9 Å². The first kappa shape index (κ1) is 17.9. The molecule has 1 aliphatic rings. The first-order valence-electron chi connectivity index (χ1n) is 8.43. The molecule has 3 rings (SSSR count). The van der Waals surface area contributed by atoms with Crippen LogP contribution in [0.4, 0.5) is 4.39 Å². The molecule has 2 aromatic rings. The number of aryl methyl sites for hydroxylation is 1. The van der Waals surface area contributed by atoms with Crippen molar-refractivity contribution in [2.24, 2.45) is 10.7 Å². The summed E-state index contributed by atoms with van der Waals surface area (Å²) in [6.07, 6.45) is 0.0321. The lowest BCUT2D eigenvalue weighted by Gasteiger charge is -2.27. The van der Waals surface area contributed by atoms with E-state index in [1.165, 1.54) is 17.0 Å². The monoisotopic (exact) mass is 355 g/mol. The van der Waals surface area contributed by atoms with Crippen molar-refractivity contribution in [2.75, 3.05) is 7.05 Å². The number of carbonyl (C=O) groups excluding carboxylic acids is 1. The SMILES string of the molecule is Cc1cc(C2(c3cccc(F)c3)N=C(N)N(C)C2=O)ccc1OC(C)C. The van der Waals surface area contributed by atoms with Crippen LogP contribution in [0.3, 0.4) is 0 Å². The number of aliphatic imine (C=N–C) groups is 1. The van der Waals surface area contributed by atoms with Crippen molar-refractivity contribution in [1.82, 2.24) is 4.90 Å². The van der Waals surface area contributed by atoms with Crippen LogP contribution in [-0.2, 0) is 10.3 Å². The molecule has 26 heavy (non-hydrogen) atoms. The van der Waals surface area contributed by atoms with Gasteiger partial charge in [0.15, 0.2) is 11.5 Å². The van der Waals surface area contributed by atoms with E-state index in [2.05, 4.69) is 4.99 Å². The normalized spacial score (nSPS) is 19.8. The Morgan fingerprint density at radius 1 is 1.19 bits per heavy atom. The number of hydrogen-bond donors (Lipinski definition) is 1. The minimum Gasteiger partial charge on any atom is -0.491 e. The number of benzene rings is 2. The first-order chi connectivity index (χ1) is 12.3. The number of ether oxygens (including phenoxy) is 1. The van der Waals surface area contributed by atoms with Gasteiger partial charge in [0.2, 0.25) is 0 Å². The van der Waals surface area contributed by atoms with Gasteiger partial charge in [-0.2, -0.15) is 0 Å². The van der Waals surface area contributed by atoms with E-state index in [9.17, 15) is 9.18 Å². The fourth-order valence-corrected chi connectivity index (χ4v) is 3.16. The van der Waals surface area contributed by atoms with Crippen LogP contribution in [0.2, 0.25) is 0 Å². The highest BCUT2D eigenvalue weighted by molar-refractivity contribution is 6.08. The van der Waals surface area contributed by atoms with Crippen LogP contribution in [-0.4, -0.2) is 29.9 Å². The molecule has 2 aromatic carbocycles. The number of rotatable bonds is 4. The van der Waals surface area contributed by atoms with Gasteiger partial charge in [-0.15, -0.1) is 0 Å². The minimum atomic E-state index is -1.40. The highest BCUT2D eigenvalue weighted by atomic mass is 19.1. The van der Waals surface area contributed by atoms with Crippen molar-refractivity contribution in [3.63, 3.8) is 0 Å². The highest BCUT2D eigenvalue weighted by Gasteiger charge is 2.49. The lowest BCUT2D eigenvalue weighted by atomic mass is 9.82. The Bertz CT molecular complexity index is 894. The number of likely N-dealkylation sites (N-methyl/N-ethyl adjacent to an activating group) is 1. The van der Waals surface area contributed by atoms with Gasteiger partial charge in [-0.1, -0.05) is 18.2 Å². The Morgan fingerprint density at radius 2 is 1.88 bits per heavy atom. The molecule has 1 amide bonds. The second-order valence-electron chi connectivity index (χ2n) is 6.70. The Morgan fingerprint density at radius 3 is 2.42 bits per heavy atom. The van der Waals surface area contributed by atoms with Crippen molar-refractivity contribution in [2.45, 2.75) is 32.4 Å². The quantitative estimate of drug-likeness (QED) is 0.917. The average molecular weight is 355 g/mol. The number of amides is 1. The Kier molecular flexibility index (Phi) is 4.44. The van der Waals surface area contributed by atoms with E-state index in [0.29, 0.717) is 11.1 Å². The van der Waals surface area contributed by atoms with E-state index in [1.54, 1.807) is 25.2 Å². The lowest BCUT2D eigenvalue weighted by molar-refractivity contribution is -0.129. The van der Waals surface area contributed by atoms with E-state index in [4.69, 9.17) is 10.5 Å². The van der Waals surface area contributed by atoms with Crippen LogP contribution in [0, 0.1) is 12.7 Å². The molecule has 0 aromatic heterocycles. The molecule has 0 saturated carbocycles. The molecule has 1 atom stereocenters. The number of halogens is 1. The van der Waals surface area contributed by atoms with Crippen LogP contribution in [0.25, 0.3) is 0 Å². The maximum atomic E-state index is 13.9. The summed E-state index contributed by atoms with van der Waals surface area (Å²) in [5.41, 5.74) is 6.45. The van der Waals surface area contributed by atoms with Gasteiger partial charge in [0.1, 0.15) is 11.6 Å². The molecule has 0 fully saturated rings. The summed E-state index contributed by atoms with van der Waals surface area (Å²) >= 11 is 0. The average Bonchev–Trinajstić information content (AvgIpc) is 2.81. The number of nitrogens with zero attached hydrogens (tertiary/aromatic N) is 2. The fourth-order valence-electron chi connectivity index (χ4n) is 3.16. The predicted molar refractivity (Wildman–Crippen MR) is 98.5 cm³/mol. The van der Waals surface area contributed by atoms with Crippen LogP contribution >= 0.6 is 0 Å². The molecule has 136 valence electrons. The molecule has 1 heterocycles. The summed E-state index contributed by atoms with van der Waals surface area (Å²) in [4.78, 5) is 18.9. The molecule has 6 heteroatoms. The van der Waals surface area contributed by atoms with Gasteiger partial charge >= 0.3 is 0 Å². The summed E-state index contributed by atoms with van der Waals surface area (Å²) in [7, 11) is 1.56. The molecular formula is C20H22FN3O2. The first-order valence-corrected chi connectivity index (χ1v) is 8.43. The second-order valence-corrected chi connectivity index (χ2v) is 6.70. The van der Waals surface area contributed by atoms with Gasteiger partial charge < -0.3 is 10.5 Å². The molecule has 5 nitrogen and oxygen atoms in total. The summed E-state index contributed by atoms with van der Waals surface area (Å²) < 4.78 is 19.7. The molecule has 0 saturated heterocycles. The molecular weight excluding hydrogens is 333 g/mol. The number of nitrogens with two attached hydrogens (primary N) is 1. The van der Waals surface area contributed by atoms with Gasteiger partial charge in [-0.25, -0.2) is 9.38 Å². The number of carbonyl (C=O) groups is 1. The number of guanidine groups is 1. The second kappa shape index (κ2) is 6.44. The summed E-state index contributed by atoms with van der Waals surface area (Å²) in [6.45, 7) is 5.79. The third kappa shape index (κ3) is 2.81. The molecule has 1 aliphatic heterocycles.